The van der Waals surface area contributed by atoms with E-state index in [4.69, 9.17) is 9.47 Å². The zero-order valence-corrected chi connectivity index (χ0v) is 19.0. The molecule has 0 unspecified atom stereocenters. The predicted octanol–water partition coefficient (Wildman–Crippen LogP) is 2.05. The Kier molecular flexibility index (Phi) is 4.04. The van der Waals surface area contributed by atoms with Crippen LogP contribution in [0.25, 0.3) is 0 Å². The molecule has 172 valence electrons. The quantitative estimate of drug-likeness (QED) is 0.474. The molecule has 4 fully saturated rings. The number of fused-ring (bicyclic) bond motifs is 5. The van der Waals surface area contributed by atoms with Gasteiger partial charge < -0.3 is 29.9 Å². The van der Waals surface area contributed by atoms with Crippen LogP contribution in [0.4, 0.5) is 0 Å². The second kappa shape index (κ2) is 6.02. The van der Waals surface area contributed by atoms with Gasteiger partial charge in [0.25, 0.3) is 0 Å². The van der Waals surface area contributed by atoms with Crippen LogP contribution in [0.2, 0.25) is 0 Å². The van der Waals surface area contributed by atoms with E-state index in [9.17, 15) is 20.4 Å². The third-order valence-electron chi connectivity index (χ3n) is 10.2. The van der Waals surface area contributed by atoms with Gasteiger partial charge in [0.1, 0.15) is 17.8 Å². The lowest BCUT2D eigenvalue weighted by Crippen LogP contribution is -2.77. The van der Waals surface area contributed by atoms with E-state index in [0.717, 1.165) is 25.7 Å². The molecule has 6 nitrogen and oxygen atoms in total. The highest BCUT2D eigenvalue weighted by atomic mass is 16.7. The van der Waals surface area contributed by atoms with Gasteiger partial charge in [-0.05, 0) is 54.9 Å². The van der Waals surface area contributed by atoms with Crippen molar-refractivity contribution in [3.63, 3.8) is 0 Å². The topological polar surface area (TPSA) is 99.4 Å². The summed E-state index contributed by atoms with van der Waals surface area (Å²) in [5.41, 5.74) is -0.00377. The first-order valence-electron chi connectivity index (χ1n) is 12.0. The van der Waals surface area contributed by atoms with Crippen LogP contribution in [0, 0.1) is 28.6 Å². The minimum atomic E-state index is -1.92. The lowest BCUT2D eigenvalue weighted by molar-refractivity contribution is -0.341. The minimum absolute atomic E-state index is 0.193. The summed E-state index contributed by atoms with van der Waals surface area (Å²) in [4.78, 5) is 0. The van der Waals surface area contributed by atoms with Gasteiger partial charge in [-0.1, -0.05) is 44.9 Å². The molecule has 2 bridgehead atoms. The van der Waals surface area contributed by atoms with Crippen LogP contribution < -0.4 is 0 Å². The number of allylic oxidation sites excluding steroid dienone is 3. The molecule has 6 rings (SSSR count). The molecule has 2 saturated heterocycles. The van der Waals surface area contributed by atoms with E-state index in [0.29, 0.717) is 11.5 Å². The van der Waals surface area contributed by atoms with Gasteiger partial charge >= 0.3 is 0 Å². The van der Waals surface area contributed by atoms with E-state index in [1.54, 1.807) is 11.1 Å². The summed E-state index contributed by atoms with van der Waals surface area (Å²) in [6, 6.07) is 0. The van der Waals surface area contributed by atoms with E-state index in [1.807, 2.05) is 6.08 Å². The molecule has 0 aromatic rings. The number of ether oxygens (including phenoxy) is 2. The van der Waals surface area contributed by atoms with Gasteiger partial charge in [0.15, 0.2) is 11.9 Å². The molecule has 6 heteroatoms. The molecule has 10 atom stereocenters. The van der Waals surface area contributed by atoms with E-state index in [2.05, 4.69) is 27.7 Å². The van der Waals surface area contributed by atoms with Crippen LogP contribution in [0.3, 0.4) is 0 Å². The Bertz CT molecular complexity index is 894. The molecule has 0 aromatic carbocycles. The van der Waals surface area contributed by atoms with Crippen LogP contribution >= 0.6 is 0 Å². The van der Waals surface area contributed by atoms with Crippen molar-refractivity contribution in [3.05, 3.63) is 22.8 Å². The van der Waals surface area contributed by atoms with E-state index in [1.165, 1.54) is 6.42 Å². The van der Waals surface area contributed by atoms with E-state index in [-0.39, 0.29) is 29.5 Å². The zero-order valence-electron chi connectivity index (χ0n) is 19.0. The van der Waals surface area contributed by atoms with E-state index < -0.39 is 35.6 Å². The van der Waals surface area contributed by atoms with E-state index >= 15 is 0 Å². The predicted molar refractivity (Wildman–Crippen MR) is 113 cm³/mol. The molecule has 31 heavy (non-hydrogen) atoms. The molecular formula is C25H36O6. The van der Waals surface area contributed by atoms with Crippen LogP contribution in [0.1, 0.15) is 59.8 Å². The van der Waals surface area contributed by atoms with Crippen molar-refractivity contribution in [2.45, 2.75) is 95.6 Å². The maximum Gasteiger partial charge on any atom is 0.190 e. The van der Waals surface area contributed by atoms with Gasteiger partial charge in [0, 0.05) is 11.3 Å². The molecule has 0 aromatic heterocycles. The Balaban J connectivity index is 1.55. The molecule has 2 saturated carbocycles. The summed E-state index contributed by atoms with van der Waals surface area (Å²) in [5.74, 6) is 0.146. The fourth-order valence-electron chi connectivity index (χ4n) is 8.38. The number of hydrogen-bond acceptors (Lipinski definition) is 6. The molecule has 0 amide bonds. The van der Waals surface area contributed by atoms with Gasteiger partial charge in [-0.3, -0.25) is 0 Å². The summed E-state index contributed by atoms with van der Waals surface area (Å²) < 4.78 is 12.2. The SMILES string of the molecule is CC(C)C1=C2[C@H]3CC=C4[C@@H]5[C@H](O[C@H]6OC[C@@](O)([C@@H](O)[C@@]65O)[C@H]4O)[C@]3(C)CC[C@@]2(C)CC1. The lowest BCUT2D eigenvalue weighted by Gasteiger charge is -2.56. The molecule has 4 aliphatic carbocycles. The monoisotopic (exact) mass is 432 g/mol. The highest BCUT2D eigenvalue weighted by Crippen LogP contribution is 2.68. The number of hydrogen-bond donors (Lipinski definition) is 4. The molecule has 2 heterocycles. The average Bonchev–Trinajstić information content (AvgIpc) is 3.20. The maximum absolute atomic E-state index is 11.7. The van der Waals surface area contributed by atoms with Crippen LogP contribution in [-0.2, 0) is 9.47 Å². The Morgan fingerprint density at radius 1 is 1.10 bits per heavy atom. The van der Waals surface area contributed by atoms with Crippen molar-refractivity contribution in [1.82, 2.24) is 0 Å². The van der Waals surface area contributed by atoms with Gasteiger partial charge in [-0.25, -0.2) is 0 Å². The first-order valence-corrected chi connectivity index (χ1v) is 12.0. The lowest BCUT2D eigenvalue weighted by atomic mass is 9.51. The van der Waals surface area contributed by atoms with Crippen molar-refractivity contribution in [2.24, 2.45) is 28.6 Å². The first kappa shape index (κ1) is 20.8. The van der Waals surface area contributed by atoms with Crippen molar-refractivity contribution >= 4 is 0 Å². The van der Waals surface area contributed by atoms with Gasteiger partial charge in [-0.2, -0.15) is 0 Å². The van der Waals surface area contributed by atoms with Gasteiger partial charge in [0.2, 0.25) is 0 Å². The Hall–Kier alpha value is -0.760. The van der Waals surface area contributed by atoms with Crippen molar-refractivity contribution in [2.75, 3.05) is 6.61 Å². The largest absolute Gasteiger partial charge is 0.387 e. The third-order valence-corrected chi connectivity index (χ3v) is 10.2. The van der Waals surface area contributed by atoms with Gasteiger partial charge in [-0.15, -0.1) is 0 Å². The summed E-state index contributed by atoms with van der Waals surface area (Å²) in [6.07, 6.45) is 2.97. The van der Waals surface area contributed by atoms with Crippen molar-refractivity contribution in [1.29, 1.82) is 0 Å². The molecule has 2 aliphatic heterocycles. The Morgan fingerprint density at radius 2 is 1.84 bits per heavy atom. The fourth-order valence-corrected chi connectivity index (χ4v) is 8.38. The standard InChI is InChI=1S/C25H36O6/c1-12(2)13-7-8-22(3)9-10-23(4)15(16(13)22)6-5-14-17-19(23)31-21-25(17,29)20(27)24(28,11-30-21)18(14)26/h5,12,15,17-21,26-29H,6-11H2,1-4H3/t15-,17-,18+,19+,20-,21-,22-,23-,24+,25-/m1/s1. The summed E-state index contributed by atoms with van der Waals surface area (Å²) >= 11 is 0. The number of aliphatic hydroxyl groups excluding tert-OH is 2. The van der Waals surface area contributed by atoms with Crippen LogP contribution in [0.5, 0.6) is 0 Å². The summed E-state index contributed by atoms with van der Waals surface area (Å²) in [7, 11) is 0. The van der Waals surface area contributed by atoms with Crippen molar-refractivity contribution in [3.8, 4) is 0 Å². The molecular weight excluding hydrogens is 396 g/mol. The van der Waals surface area contributed by atoms with Crippen LogP contribution in [0.15, 0.2) is 22.8 Å². The van der Waals surface area contributed by atoms with Crippen LogP contribution in [-0.4, -0.2) is 62.8 Å². The third kappa shape index (κ3) is 2.20. The summed E-state index contributed by atoms with van der Waals surface area (Å²) in [6.45, 7) is 8.97. The maximum atomic E-state index is 11.7. The molecule has 4 N–H and O–H groups in total. The average molecular weight is 433 g/mol. The molecule has 6 aliphatic rings. The minimum Gasteiger partial charge on any atom is -0.387 e. The fraction of sp³-hybridized carbons (Fsp3) is 0.840. The first-order chi connectivity index (χ1) is 14.5. The highest BCUT2D eigenvalue weighted by molar-refractivity contribution is 5.42. The number of aliphatic hydroxyl groups is 4. The highest BCUT2D eigenvalue weighted by Gasteiger charge is 2.77. The smallest absolute Gasteiger partial charge is 0.190 e. The zero-order chi connectivity index (χ0) is 22.1. The summed E-state index contributed by atoms with van der Waals surface area (Å²) in [5, 5.41) is 45.1. The molecule has 0 spiro atoms. The number of rotatable bonds is 1. The second-order valence-electron chi connectivity index (χ2n) is 12.0. The van der Waals surface area contributed by atoms with Gasteiger partial charge in [0.05, 0.1) is 12.7 Å². The second-order valence-corrected chi connectivity index (χ2v) is 12.0. The normalized spacial score (nSPS) is 57.5. The Labute approximate surface area is 183 Å². The van der Waals surface area contributed by atoms with Crippen molar-refractivity contribution < 1.29 is 29.9 Å². The Morgan fingerprint density at radius 3 is 2.55 bits per heavy atom. The molecule has 0 radical (unpaired) electrons.